The quantitative estimate of drug-likeness (QED) is 0.905. The van der Waals surface area contributed by atoms with Gasteiger partial charge in [-0.25, -0.2) is 9.89 Å². The van der Waals surface area contributed by atoms with E-state index in [1.165, 1.54) is 19.2 Å². The Morgan fingerprint density at radius 1 is 1.45 bits per heavy atom. The molecule has 0 unspecified atom stereocenters. The third kappa shape index (κ3) is 2.88. The van der Waals surface area contributed by atoms with Gasteiger partial charge in [-0.15, -0.1) is 5.10 Å². The molecule has 20 heavy (non-hydrogen) atoms. The lowest BCUT2D eigenvalue weighted by Gasteiger charge is -2.13. The number of rotatable bonds is 3. The smallest absolute Gasteiger partial charge is 0.326 e. The Balaban J connectivity index is 2.46. The molecule has 0 saturated heterocycles. The summed E-state index contributed by atoms with van der Waals surface area (Å²) in [6.07, 6.45) is -4.50. The predicted molar refractivity (Wildman–Crippen MR) is 67.3 cm³/mol. The van der Waals surface area contributed by atoms with Gasteiger partial charge < -0.3 is 5.73 Å². The lowest BCUT2D eigenvalue weighted by molar-refractivity contribution is -0.139. The molecule has 9 heteroatoms. The molecule has 3 N–H and O–H groups in total. The average Bonchev–Trinajstić information content (AvgIpc) is 2.70. The van der Waals surface area contributed by atoms with E-state index in [0.29, 0.717) is 5.56 Å². The number of nitrogens with two attached hydrogens (primary N) is 1. The Morgan fingerprint density at radius 3 is 2.65 bits per heavy atom. The van der Waals surface area contributed by atoms with E-state index < -0.39 is 17.4 Å². The Labute approximate surface area is 116 Å². The molecule has 2 rings (SSSR count). The van der Waals surface area contributed by atoms with Crippen LogP contribution in [0.5, 0.6) is 0 Å². The molecule has 0 fully saturated rings. The molecule has 0 bridgehead atoms. The van der Waals surface area contributed by atoms with Gasteiger partial charge in [0.15, 0.2) is 5.16 Å². The highest BCUT2D eigenvalue weighted by Gasteiger charge is 2.34. The van der Waals surface area contributed by atoms with Gasteiger partial charge in [-0.2, -0.15) is 13.2 Å². The fourth-order valence-electron chi connectivity index (χ4n) is 1.54. The van der Waals surface area contributed by atoms with E-state index in [9.17, 15) is 18.0 Å². The first-order chi connectivity index (χ1) is 9.32. The van der Waals surface area contributed by atoms with Gasteiger partial charge in [-0.05, 0) is 29.5 Å². The fourth-order valence-corrected chi connectivity index (χ4v) is 2.47. The predicted octanol–water partition coefficient (Wildman–Crippen LogP) is 1.74. The van der Waals surface area contributed by atoms with Crippen LogP contribution in [0.2, 0.25) is 0 Å². The van der Waals surface area contributed by atoms with E-state index >= 15 is 0 Å². The van der Waals surface area contributed by atoms with E-state index in [2.05, 4.69) is 10.2 Å². The van der Waals surface area contributed by atoms with E-state index in [-0.39, 0.29) is 16.6 Å². The molecule has 0 radical (unpaired) electrons. The number of aromatic amines is 1. The van der Waals surface area contributed by atoms with Gasteiger partial charge in [0.05, 0.1) is 5.56 Å². The molecule has 0 spiro atoms. The number of benzene rings is 1. The Kier molecular flexibility index (Phi) is 3.91. The zero-order chi connectivity index (χ0) is 14.9. The highest BCUT2D eigenvalue weighted by atomic mass is 32.2. The molecular formula is C11H11F3N4OS. The van der Waals surface area contributed by atoms with E-state index in [1.54, 1.807) is 0 Å². The van der Waals surface area contributed by atoms with Crippen molar-refractivity contribution < 1.29 is 13.2 Å². The summed E-state index contributed by atoms with van der Waals surface area (Å²) in [5.74, 6) is 0. The van der Waals surface area contributed by atoms with Crippen molar-refractivity contribution in [3.05, 3.63) is 39.8 Å². The number of hydrogen-bond acceptors (Lipinski definition) is 4. The van der Waals surface area contributed by atoms with Gasteiger partial charge in [0, 0.05) is 18.5 Å². The van der Waals surface area contributed by atoms with Crippen molar-refractivity contribution >= 4 is 11.8 Å². The molecule has 108 valence electrons. The minimum atomic E-state index is -4.50. The SMILES string of the molecule is Cn1c(Sc2ccc(CN)cc2C(F)(F)F)n[nH]c1=O. The summed E-state index contributed by atoms with van der Waals surface area (Å²) in [4.78, 5) is 11.2. The van der Waals surface area contributed by atoms with Gasteiger partial charge in [0.25, 0.3) is 0 Å². The zero-order valence-corrected chi connectivity index (χ0v) is 11.2. The van der Waals surface area contributed by atoms with Gasteiger partial charge in [0.1, 0.15) is 0 Å². The summed E-state index contributed by atoms with van der Waals surface area (Å²) in [5, 5.41) is 6.00. The standard InChI is InChI=1S/C11H11F3N4OS/c1-18-9(19)16-17-10(18)20-8-3-2-6(5-15)4-7(8)11(12,13)14/h2-4H,5,15H2,1H3,(H,16,19). The van der Waals surface area contributed by atoms with Crippen LogP contribution in [0.15, 0.2) is 33.0 Å². The minimum Gasteiger partial charge on any atom is -0.326 e. The highest BCUT2D eigenvalue weighted by molar-refractivity contribution is 7.99. The van der Waals surface area contributed by atoms with Gasteiger partial charge in [-0.1, -0.05) is 6.07 Å². The van der Waals surface area contributed by atoms with Crippen LogP contribution in [-0.4, -0.2) is 14.8 Å². The maximum absolute atomic E-state index is 13.0. The lowest BCUT2D eigenvalue weighted by Crippen LogP contribution is -2.13. The molecule has 1 heterocycles. The lowest BCUT2D eigenvalue weighted by atomic mass is 10.1. The number of nitrogens with one attached hydrogen (secondary N) is 1. The van der Waals surface area contributed by atoms with E-state index in [4.69, 9.17) is 5.73 Å². The molecule has 1 aromatic carbocycles. The Bertz CT molecular complexity index is 677. The third-order valence-electron chi connectivity index (χ3n) is 2.63. The van der Waals surface area contributed by atoms with Crippen LogP contribution in [-0.2, 0) is 19.8 Å². The molecular weight excluding hydrogens is 293 g/mol. The number of H-pyrrole nitrogens is 1. The molecule has 1 aromatic heterocycles. The van der Waals surface area contributed by atoms with Crippen LogP contribution in [0.25, 0.3) is 0 Å². The molecule has 0 atom stereocenters. The molecule has 0 aliphatic rings. The topological polar surface area (TPSA) is 76.7 Å². The second-order valence-electron chi connectivity index (χ2n) is 4.00. The van der Waals surface area contributed by atoms with E-state index in [1.807, 2.05) is 0 Å². The first kappa shape index (κ1) is 14.7. The number of halogens is 3. The summed E-state index contributed by atoms with van der Waals surface area (Å²) in [5.41, 5.74) is 4.46. The molecule has 5 nitrogen and oxygen atoms in total. The third-order valence-corrected chi connectivity index (χ3v) is 3.75. The van der Waals surface area contributed by atoms with Crippen molar-refractivity contribution in [2.24, 2.45) is 12.8 Å². The van der Waals surface area contributed by atoms with Gasteiger partial charge in [-0.3, -0.25) is 4.57 Å². The number of aromatic nitrogens is 3. The Morgan fingerprint density at radius 2 is 2.15 bits per heavy atom. The van der Waals surface area contributed by atoms with Crippen molar-refractivity contribution in [3.63, 3.8) is 0 Å². The largest absolute Gasteiger partial charge is 0.417 e. The van der Waals surface area contributed by atoms with Gasteiger partial charge >= 0.3 is 11.9 Å². The van der Waals surface area contributed by atoms with Crippen LogP contribution >= 0.6 is 11.8 Å². The van der Waals surface area contributed by atoms with Crippen LogP contribution in [0.4, 0.5) is 13.2 Å². The van der Waals surface area contributed by atoms with Crippen molar-refractivity contribution in [1.29, 1.82) is 0 Å². The number of nitrogens with zero attached hydrogens (tertiary/aromatic N) is 2. The van der Waals surface area contributed by atoms with Gasteiger partial charge in [0.2, 0.25) is 0 Å². The van der Waals surface area contributed by atoms with Crippen LogP contribution in [0.1, 0.15) is 11.1 Å². The molecule has 0 aliphatic carbocycles. The first-order valence-corrected chi connectivity index (χ1v) is 6.34. The van der Waals surface area contributed by atoms with Crippen LogP contribution in [0, 0.1) is 0 Å². The second-order valence-corrected chi connectivity index (χ2v) is 5.01. The van der Waals surface area contributed by atoms with Crippen LogP contribution in [0.3, 0.4) is 0 Å². The molecule has 0 saturated carbocycles. The molecule has 0 aliphatic heterocycles. The Hall–Kier alpha value is -1.74. The minimum absolute atomic E-state index is 0.0227. The van der Waals surface area contributed by atoms with Crippen molar-refractivity contribution in [3.8, 4) is 0 Å². The summed E-state index contributed by atoms with van der Waals surface area (Å²) >= 11 is 0.768. The highest BCUT2D eigenvalue weighted by Crippen LogP contribution is 2.39. The summed E-state index contributed by atoms with van der Waals surface area (Å²) < 4.78 is 40.2. The van der Waals surface area contributed by atoms with Crippen molar-refractivity contribution in [2.75, 3.05) is 0 Å². The monoisotopic (exact) mass is 304 g/mol. The normalized spacial score (nSPS) is 11.8. The van der Waals surface area contributed by atoms with Crippen molar-refractivity contribution in [1.82, 2.24) is 14.8 Å². The first-order valence-electron chi connectivity index (χ1n) is 5.52. The molecule has 0 amide bonds. The molecule has 2 aromatic rings. The van der Waals surface area contributed by atoms with Crippen LogP contribution < -0.4 is 11.4 Å². The summed E-state index contributed by atoms with van der Waals surface area (Å²) in [6.45, 7) is 0.0227. The maximum atomic E-state index is 13.0. The summed E-state index contributed by atoms with van der Waals surface area (Å²) in [6, 6.07) is 3.85. The zero-order valence-electron chi connectivity index (χ0n) is 10.4. The maximum Gasteiger partial charge on any atom is 0.417 e. The number of alkyl halides is 3. The average molecular weight is 304 g/mol. The van der Waals surface area contributed by atoms with E-state index in [0.717, 1.165) is 22.4 Å². The fraction of sp³-hybridized carbons (Fsp3) is 0.273. The summed E-state index contributed by atoms with van der Waals surface area (Å²) in [7, 11) is 1.43. The van der Waals surface area contributed by atoms with Crippen molar-refractivity contribution in [2.45, 2.75) is 22.8 Å². The second kappa shape index (κ2) is 5.33. The number of hydrogen-bond donors (Lipinski definition) is 2.